The standard InChI is InChI=1S/C16H13N3OS/c1-2-9-7-11-14(17)18-15(19-16(11)21-9)12-8-20-13-6-4-3-5-10(12)13/h3-8H,2H2,1H3,(H2,17,18,19). The van der Waals surface area contributed by atoms with E-state index in [1.165, 1.54) is 4.88 Å². The Hall–Kier alpha value is -2.40. The number of furan rings is 1. The molecule has 0 spiro atoms. The van der Waals surface area contributed by atoms with Crippen molar-refractivity contribution in [2.75, 3.05) is 5.73 Å². The van der Waals surface area contributed by atoms with Crippen LogP contribution in [0.5, 0.6) is 0 Å². The average Bonchev–Trinajstić information content (AvgIpc) is 3.10. The molecule has 0 atom stereocenters. The maximum absolute atomic E-state index is 6.10. The first-order valence-corrected chi connectivity index (χ1v) is 7.60. The number of thiophene rings is 1. The number of nitrogen functional groups attached to an aromatic ring is 1. The van der Waals surface area contributed by atoms with Gasteiger partial charge in [0.05, 0.1) is 10.9 Å². The number of nitrogens with zero attached hydrogens (tertiary/aromatic N) is 2. The van der Waals surface area contributed by atoms with E-state index < -0.39 is 0 Å². The molecule has 0 bridgehead atoms. The lowest BCUT2D eigenvalue weighted by molar-refractivity contribution is 0.616. The van der Waals surface area contributed by atoms with E-state index in [0.717, 1.165) is 33.2 Å². The minimum Gasteiger partial charge on any atom is -0.464 e. The fourth-order valence-corrected chi connectivity index (χ4v) is 3.41. The lowest BCUT2D eigenvalue weighted by Gasteiger charge is -2.00. The summed E-state index contributed by atoms with van der Waals surface area (Å²) in [5, 5.41) is 1.94. The van der Waals surface area contributed by atoms with Gasteiger partial charge in [0, 0.05) is 10.3 Å². The molecule has 104 valence electrons. The summed E-state index contributed by atoms with van der Waals surface area (Å²) in [5.74, 6) is 1.14. The number of rotatable bonds is 2. The quantitative estimate of drug-likeness (QED) is 0.600. The minimum absolute atomic E-state index is 0.524. The molecule has 0 aliphatic carbocycles. The number of hydrogen-bond donors (Lipinski definition) is 1. The number of fused-ring (bicyclic) bond motifs is 2. The highest BCUT2D eigenvalue weighted by atomic mass is 32.1. The largest absolute Gasteiger partial charge is 0.464 e. The van der Waals surface area contributed by atoms with Gasteiger partial charge in [-0.1, -0.05) is 25.1 Å². The molecule has 0 aliphatic heterocycles. The smallest absolute Gasteiger partial charge is 0.166 e. The number of anilines is 1. The summed E-state index contributed by atoms with van der Waals surface area (Å²) >= 11 is 1.67. The molecule has 2 N–H and O–H groups in total. The van der Waals surface area contributed by atoms with Gasteiger partial charge < -0.3 is 10.2 Å². The van der Waals surface area contributed by atoms with E-state index in [-0.39, 0.29) is 0 Å². The van der Waals surface area contributed by atoms with Crippen LogP contribution < -0.4 is 5.73 Å². The van der Waals surface area contributed by atoms with Gasteiger partial charge >= 0.3 is 0 Å². The molecule has 1 aromatic carbocycles. The van der Waals surface area contributed by atoms with Gasteiger partial charge in [0.15, 0.2) is 5.82 Å². The minimum atomic E-state index is 0.524. The van der Waals surface area contributed by atoms with Gasteiger partial charge in [-0.25, -0.2) is 9.97 Å². The van der Waals surface area contributed by atoms with E-state index in [2.05, 4.69) is 23.0 Å². The second-order valence-electron chi connectivity index (χ2n) is 4.86. The predicted octanol–water partition coefficient (Wildman–Crippen LogP) is 4.25. The van der Waals surface area contributed by atoms with E-state index in [4.69, 9.17) is 10.2 Å². The fourth-order valence-electron chi connectivity index (χ4n) is 2.44. The third-order valence-electron chi connectivity index (χ3n) is 3.54. The molecule has 0 fully saturated rings. The Morgan fingerprint density at radius 3 is 2.90 bits per heavy atom. The summed E-state index contributed by atoms with van der Waals surface area (Å²) in [6, 6.07) is 9.93. The number of benzene rings is 1. The van der Waals surface area contributed by atoms with Crippen molar-refractivity contribution in [2.24, 2.45) is 0 Å². The molecular weight excluding hydrogens is 282 g/mol. The van der Waals surface area contributed by atoms with Crippen LogP contribution in [0.15, 0.2) is 41.0 Å². The van der Waals surface area contributed by atoms with Crippen LogP contribution in [0.25, 0.3) is 32.6 Å². The number of nitrogens with two attached hydrogens (primary N) is 1. The Balaban J connectivity index is 1.98. The van der Waals surface area contributed by atoms with Gasteiger partial charge in [0.25, 0.3) is 0 Å². The topological polar surface area (TPSA) is 64.9 Å². The van der Waals surface area contributed by atoms with Crippen LogP contribution in [0, 0.1) is 0 Å². The van der Waals surface area contributed by atoms with E-state index in [1.54, 1.807) is 17.6 Å². The van der Waals surface area contributed by atoms with Crippen LogP contribution in [-0.2, 0) is 6.42 Å². The molecule has 0 saturated carbocycles. The highest BCUT2D eigenvalue weighted by Crippen LogP contribution is 2.33. The van der Waals surface area contributed by atoms with Crippen molar-refractivity contribution in [3.05, 3.63) is 41.5 Å². The summed E-state index contributed by atoms with van der Waals surface area (Å²) in [6.07, 6.45) is 2.67. The Morgan fingerprint density at radius 1 is 1.19 bits per heavy atom. The maximum atomic E-state index is 6.10. The highest BCUT2D eigenvalue weighted by molar-refractivity contribution is 7.18. The first kappa shape index (κ1) is 12.3. The fraction of sp³-hybridized carbons (Fsp3) is 0.125. The van der Waals surface area contributed by atoms with Crippen LogP contribution in [0.1, 0.15) is 11.8 Å². The maximum Gasteiger partial charge on any atom is 0.166 e. The van der Waals surface area contributed by atoms with Crippen molar-refractivity contribution in [1.82, 2.24) is 9.97 Å². The van der Waals surface area contributed by atoms with Gasteiger partial charge in [0.1, 0.15) is 22.5 Å². The summed E-state index contributed by atoms with van der Waals surface area (Å²) in [6.45, 7) is 2.12. The zero-order valence-corrected chi connectivity index (χ0v) is 12.3. The van der Waals surface area contributed by atoms with E-state index >= 15 is 0 Å². The van der Waals surface area contributed by atoms with Gasteiger partial charge in [-0.3, -0.25) is 0 Å². The third-order valence-corrected chi connectivity index (χ3v) is 4.72. The third kappa shape index (κ3) is 1.89. The average molecular weight is 295 g/mol. The number of para-hydroxylation sites is 1. The SMILES string of the molecule is CCc1cc2c(N)nc(-c3coc4ccccc34)nc2s1. The molecule has 0 aliphatic rings. The van der Waals surface area contributed by atoms with E-state index in [1.807, 2.05) is 24.3 Å². The summed E-state index contributed by atoms with van der Waals surface area (Å²) in [7, 11) is 0. The molecule has 4 nitrogen and oxygen atoms in total. The lowest BCUT2D eigenvalue weighted by atomic mass is 10.1. The second-order valence-corrected chi connectivity index (χ2v) is 5.98. The van der Waals surface area contributed by atoms with E-state index in [9.17, 15) is 0 Å². The molecule has 4 aromatic rings. The second kappa shape index (κ2) is 4.56. The van der Waals surface area contributed by atoms with Crippen molar-refractivity contribution in [2.45, 2.75) is 13.3 Å². The van der Waals surface area contributed by atoms with Crippen molar-refractivity contribution >= 4 is 38.3 Å². The molecular formula is C16H13N3OS. The molecule has 3 aromatic heterocycles. The molecule has 0 unspecified atom stereocenters. The number of hydrogen-bond acceptors (Lipinski definition) is 5. The van der Waals surface area contributed by atoms with Crippen molar-refractivity contribution in [3.63, 3.8) is 0 Å². The van der Waals surface area contributed by atoms with Gasteiger partial charge in [0.2, 0.25) is 0 Å². The summed E-state index contributed by atoms with van der Waals surface area (Å²) in [5.41, 5.74) is 7.81. The highest BCUT2D eigenvalue weighted by Gasteiger charge is 2.14. The van der Waals surface area contributed by atoms with Gasteiger partial charge in [-0.15, -0.1) is 11.3 Å². The zero-order chi connectivity index (χ0) is 14.4. The zero-order valence-electron chi connectivity index (χ0n) is 11.5. The van der Waals surface area contributed by atoms with Crippen LogP contribution in [-0.4, -0.2) is 9.97 Å². The number of aryl methyl sites for hydroxylation is 1. The monoisotopic (exact) mass is 295 g/mol. The van der Waals surface area contributed by atoms with Crippen molar-refractivity contribution in [1.29, 1.82) is 0 Å². The Kier molecular flexibility index (Phi) is 2.68. The van der Waals surface area contributed by atoms with Crippen LogP contribution in [0.4, 0.5) is 5.82 Å². The summed E-state index contributed by atoms with van der Waals surface area (Å²) in [4.78, 5) is 11.3. The van der Waals surface area contributed by atoms with Crippen molar-refractivity contribution in [3.8, 4) is 11.4 Å². The molecule has 0 saturated heterocycles. The molecule has 3 heterocycles. The van der Waals surface area contributed by atoms with Crippen LogP contribution in [0.2, 0.25) is 0 Å². The molecule has 0 radical (unpaired) electrons. The normalized spacial score (nSPS) is 11.5. The first-order chi connectivity index (χ1) is 10.3. The first-order valence-electron chi connectivity index (χ1n) is 6.79. The summed E-state index contributed by atoms with van der Waals surface area (Å²) < 4.78 is 5.56. The van der Waals surface area contributed by atoms with Crippen molar-refractivity contribution < 1.29 is 4.42 Å². The Morgan fingerprint density at radius 2 is 2.05 bits per heavy atom. The molecule has 5 heteroatoms. The Bertz CT molecular complexity index is 955. The number of aromatic nitrogens is 2. The van der Waals surface area contributed by atoms with Crippen LogP contribution in [0.3, 0.4) is 0 Å². The Labute approximate surface area is 125 Å². The molecule has 4 rings (SSSR count). The molecule has 0 amide bonds. The predicted molar refractivity (Wildman–Crippen MR) is 86.4 cm³/mol. The molecule has 21 heavy (non-hydrogen) atoms. The lowest BCUT2D eigenvalue weighted by Crippen LogP contribution is -1.95. The van der Waals surface area contributed by atoms with E-state index in [0.29, 0.717) is 11.6 Å². The van der Waals surface area contributed by atoms with Gasteiger partial charge in [-0.05, 0) is 18.6 Å². The van der Waals surface area contributed by atoms with Gasteiger partial charge in [-0.2, -0.15) is 0 Å². The van der Waals surface area contributed by atoms with Crippen LogP contribution >= 0.6 is 11.3 Å².